The number of thiophene rings is 2. The first-order chi connectivity index (χ1) is 46.1. The summed E-state index contributed by atoms with van der Waals surface area (Å²) in [5.74, 6) is 0. The highest BCUT2D eigenvalue weighted by Crippen LogP contribution is 2.51. The fourth-order valence-electron chi connectivity index (χ4n) is 14.9. The van der Waals surface area contributed by atoms with Crippen LogP contribution in [-0.4, -0.2) is 4.57 Å². The van der Waals surface area contributed by atoms with Gasteiger partial charge in [0.25, 0.3) is 0 Å². The third kappa shape index (κ3) is 9.41. The lowest BCUT2D eigenvalue weighted by molar-refractivity contribution is 1.04. The van der Waals surface area contributed by atoms with Crippen LogP contribution in [0.2, 0.25) is 0 Å². The highest BCUT2D eigenvalue weighted by atomic mass is 32.1. The van der Waals surface area contributed by atoms with E-state index in [9.17, 15) is 0 Å². The van der Waals surface area contributed by atoms with E-state index in [4.69, 9.17) is 0 Å². The topological polar surface area (TPSA) is 4.93 Å². The lowest BCUT2D eigenvalue weighted by atomic mass is 9.90. The SMILES string of the molecule is C=CC(=Cc1c(-c2ccc3c4ccc(-c5cc(C6=CCCC=C6)cc6c5sc5c(C7=CC=CCC7)cc(-c7ccccc7)cc56)cc4n(-c4ccc5c6ccccc6c6ccccc6c5c4)c3c2)sc2c(-c3ccccc3)cc(-c3ccccc3)cc12)c1ccccc1. The van der Waals surface area contributed by atoms with E-state index in [0.29, 0.717) is 0 Å². The van der Waals surface area contributed by atoms with Crippen LogP contribution in [0.4, 0.5) is 0 Å². The summed E-state index contributed by atoms with van der Waals surface area (Å²) < 4.78 is 6.49. The Bertz CT molecular complexity index is 5870. The van der Waals surface area contributed by atoms with Crippen LogP contribution < -0.4 is 0 Å². The molecule has 0 atom stereocenters. The molecule has 3 heteroatoms. The van der Waals surface area contributed by atoms with E-state index in [-0.39, 0.29) is 0 Å². The van der Waals surface area contributed by atoms with Crippen molar-refractivity contribution in [3.63, 3.8) is 0 Å². The minimum absolute atomic E-state index is 1.02. The van der Waals surface area contributed by atoms with E-state index in [2.05, 4.69) is 315 Å². The molecule has 93 heavy (non-hydrogen) atoms. The van der Waals surface area contributed by atoms with Gasteiger partial charge in [-0.1, -0.05) is 249 Å². The molecule has 0 aliphatic heterocycles. The van der Waals surface area contributed by atoms with Crippen molar-refractivity contribution in [1.29, 1.82) is 0 Å². The van der Waals surface area contributed by atoms with Gasteiger partial charge >= 0.3 is 0 Å². The van der Waals surface area contributed by atoms with Crippen molar-refractivity contribution in [2.75, 3.05) is 0 Å². The molecule has 0 saturated carbocycles. The second kappa shape index (κ2) is 22.8. The number of rotatable bonds is 11. The van der Waals surface area contributed by atoms with E-state index in [1.54, 1.807) is 0 Å². The fraction of sp³-hybridized carbons (Fsp3) is 0.0444. The van der Waals surface area contributed by atoms with Crippen LogP contribution in [0.15, 0.2) is 310 Å². The van der Waals surface area contributed by atoms with Crippen LogP contribution in [-0.2, 0) is 0 Å². The summed E-state index contributed by atoms with van der Waals surface area (Å²) in [5, 5.41) is 13.8. The predicted molar refractivity (Wildman–Crippen MR) is 406 cm³/mol. The maximum atomic E-state index is 4.44. The van der Waals surface area contributed by atoms with Gasteiger partial charge in [-0.05, 0) is 197 Å². The number of allylic oxidation sites excluding steroid dienone is 10. The minimum Gasteiger partial charge on any atom is -0.309 e. The summed E-state index contributed by atoms with van der Waals surface area (Å²) in [6.45, 7) is 4.44. The number of nitrogens with zero attached hydrogens (tertiary/aromatic N) is 1. The Morgan fingerprint density at radius 3 is 1.54 bits per heavy atom. The standard InChI is InChI=1S/C90H61NS2/c1-2-57(58-25-9-3-10-26-58)47-81-82-51-66(59-27-11-4-12-28-59)48-77(62-33-17-7-18-34-62)88(82)92-87(81)65-42-45-76-75-44-41-64(54-85(75)91(86(76)55-65)69-43-46-74-72-39-22-21-37-70(72)71-38-23-24-40-73(71)80(74)56-69)79-50-68(61-31-15-6-16-32-61)53-84-83-52-67(60-29-13-5-14-30-60)49-78(89(83)93-90(79)84)63-35-19-8-20-36-63/h2-5,7-15,17-19,21-35,37-56H,1,6,16,20,36H2. The smallest absolute Gasteiger partial charge is 0.0547 e. The molecule has 0 amide bonds. The molecule has 438 valence electrons. The largest absolute Gasteiger partial charge is 0.309 e. The second-order valence-corrected chi connectivity index (χ2v) is 26.9. The van der Waals surface area contributed by atoms with E-state index in [0.717, 1.165) is 53.6 Å². The van der Waals surface area contributed by atoms with Gasteiger partial charge in [0.1, 0.15) is 0 Å². The molecule has 0 saturated heterocycles. The van der Waals surface area contributed by atoms with Crippen LogP contribution in [0.1, 0.15) is 47.9 Å². The van der Waals surface area contributed by atoms with Gasteiger partial charge in [-0.3, -0.25) is 0 Å². The lowest BCUT2D eigenvalue weighted by Gasteiger charge is -2.15. The normalized spacial score (nSPS) is 13.6. The molecule has 0 unspecified atom stereocenters. The van der Waals surface area contributed by atoms with Crippen molar-refractivity contribution in [2.45, 2.75) is 25.7 Å². The Hall–Kier alpha value is -10.9. The molecule has 0 spiro atoms. The Morgan fingerprint density at radius 2 is 0.903 bits per heavy atom. The third-order valence-electron chi connectivity index (χ3n) is 19.4. The van der Waals surface area contributed by atoms with Crippen LogP contribution in [0.5, 0.6) is 0 Å². The maximum absolute atomic E-state index is 4.44. The molecule has 0 N–H and O–H groups in total. The number of hydrogen-bond donors (Lipinski definition) is 0. The first-order valence-corrected chi connectivity index (χ1v) is 34.1. The third-order valence-corrected chi connectivity index (χ3v) is 22.0. The van der Waals surface area contributed by atoms with E-state index in [1.165, 1.54) is 156 Å². The van der Waals surface area contributed by atoms with Gasteiger partial charge in [0.05, 0.1) is 11.0 Å². The quantitative estimate of drug-likeness (QED) is 0.0898. The molecule has 0 radical (unpaired) electrons. The summed E-state index contributed by atoms with van der Waals surface area (Å²) in [5.41, 5.74) is 23.0. The first kappa shape index (κ1) is 54.9. The molecule has 16 aromatic rings. The van der Waals surface area contributed by atoms with E-state index in [1.807, 2.05) is 28.7 Å². The van der Waals surface area contributed by atoms with Gasteiger partial charge in [-0.15, -0.1) is 22.7 Å². The van der Waals surface area contributed by atoms with Gasteiger partial charge in [0, 0.05) is 68.3 Å². The van der Waals surface area contributed by atoms with Crippen molar-refractivity contribution in [3.8, 4) is 60.6 Å². The van der Waals surface area contributed by atoms with Crippen LogP contribution in [0, 0.1) is 0 Å². The molecule has 13 aromatic carbocycles. The average molecular weight is 1220 g/mol. The van der Waals surface area contributed by atoms with E-state index < -0.39 is 0 Å². The van der Waals surface area contributed by atoms with Gasteiger partial charge in [-0.2, -0.15) is 0 Å². The molecule has 3 heterocycles. The summed E-state index contributed by atoms with van der Waals surface area (Å²) in [6, 6.07) is 97.9. The molecular formula is C90H61NS2. The lowest BCUT2D eigenvalue weighted by Crippen LogP contribution is -1.95. The fourth-order valence-corrected chi connectivity index (χ4v) is 17.6. The van der Waals surface area contributed by atoms with Gasteiger partial charge in [0.2, 0.25) is 0 Å². The first-order valence-electron chi connectivity index (χ1n) is 32.4. The van der Waals surface area contributed by atoms with E-state index >= 15 is 0 Å². The monoisotopic (exact) mass is 1220 g/mol. The number of benzene rings is 13. The van der Waals surface area contributed by atoms with Gasteiger partial charge in [0.15, 0.2) is 0 Å². The Kier molecular flexibility index (Phi) is 13.5. The van der Waals surface area contributed by atoms with Crippen LogP contribution >= 0.6 is 22.7 Å². The minimum atomic E-state index is 1.02. The zero-order chi connectivity index (χ0) is 61.5. The molecule has 1 nitrogen and oxygen atoms in total. The van der Waals surface area contributed by atoms with Crippen molar-refractivity contribution in [1.82, 2.24) is 4.57 Å². The summed E-state index contributed by atoms with van der Waals surface area (Å²) >= 11 is 3.86. The second-order valence-electron chi connectivity index (χ2n) is 24.8. The zero-order valence-electron chi connectivity index (χ0n) is 51.2. The number of hydrogen-bond acceptors (Lipinski definition) is 2. The van der Waals surface area contributed by atoms with Crippen molar-refractivity contribution in [2.24, 2.45) is 0 Å². The molecule has 2 aliphatic rings. The number of aromatic nitrogens is 1. The Labute approximate surface area is 549 Å². The van der Waals surface area contributed by atoms with Crippen LogP contribution in [0.25, 0.3) is 168 Å². The molecule has 3 aromatic heterocycles. The van der Waals surface area contributed by atoms with Gasteiger partial charge in [-0.25, -0.2) is 0 Å². The molecule has 2 aliphatic carbocycles. The summed E-state index contributed by atoms with van der Waals surface area (Å²) in [6.07, 6.45) is 22.6. The average Bonchev–Trinajstić information content (AvgIpc) is 1.69. The molecule has 0 bridgehead atoms. The van der Waals surface area contributed by atoms with Crippen molar-refractivity contribution < 1.29 is 0 Å². The predicted octanol–water partition coefficient (Wildman–Crippen LogP) is 26.4. The maximum Gasteiger partial charge on any atom is 0.0547 e. The molecular weight excluding hydrogens is 1160 g/mol. The zero-order valence-corrected chi connectivity index (χ0v) is 52.9. The Balaban J connectivity index is 0.925. The van der Waals surface area contributed by atoms with Gasteiger partial charge < -0.3 is 4.57 Å². The summed E-state index contributed by atoms with van der Waals surface area (Å²) in [7, 11) is 0. The van der Waals surface area contributed by atoms with Crippen LogP contribution in [0.3, 0.4) is 0 Å². The molecule has 18 rings (SSSR count). The highest BCUT2D eigenvalue weighted by molar-refractivity contribution is 7.26. The summed E-state index contributed by atoms with van der Waals surface area (Å²) in [4.78, 5) is 1.21. The van der Waals surface area contributed by atoms with Crippen molar-refractivity contribution >= 4 is 130 Å². The van der Waals surface area contributed by atoms with Crippen molar-refractivity contribution in [3.05, 3.63) is 332 Å². The Morgan fingerprint density at radius 1 is 0.376 bits per heavy atom. The highest BCUT2D eigenvalue weighted by Gasteiger charge is 2.25. The number of fused-ring (bicyclic) bond motifs is 13. The molecule has 0 fully saturated rings.